The van der Waals surface area contributed by atoms with Crippen LogP contribution in [0.5, 0.6) is 5.75 Å². The molecule has 0 saturated carbocycles. The van der Waals surface area contributed by atoms with Gasteiger partial charge in [0.2, 0.25) is 0 Å². The predicted molar refractivity (Wildman–Crippen MR) is 79.7 cm³/mol. The maximum atomic E-state index is 8.91. The van der Waals surface area contributed by atoms with Crippen LogP contribution in [0.2, 0.25) is 0 Å². The Hall–Kier alpha value is -2.41. The molecule has 20 heavy (non-hydrogen) atoms. The average molecular weight is 269 g/mol. The molecule has 0 unspecified atom stereocenters. The number of hydrogen-bond acceptors (Lipinski definition) is 3. The molecule has 0 radical (unpaired) electrons. The van der Waals surface area contributed by atoms with Gasteiger partial charge >= 0.3 is 0 Å². The van der Waals surface area contributed by atoms with Crippen LogP contribution in [0.1, 0.15) is 25.1 Å². The third kappa shape index (κ3) is 3.55. The fourth-order valence-electron chi connectivity index (χ4n) is 1.97. The molecule has 0 bridgehead atoms. The lowest BCUT2D eigenvalue weighted by Crippen LogP contribution is -2.05. The lowest BCUT2D eigenvalue weighted by atomic mass is 10.2. The minimum Gasteiger partial charge on any atom is -0.491 e. The van der Waals surface area contributed by atoms with Crippen molar-refractivity contribution >= 4 is 5.69 Å². The zero-order chi connectivity index (χ0) is 14.5. The third-order valence-corrected chi connectivity index (χ3v) is 2.90. The maximum Gasteiger partial charge on any atom is 0.120 e. The van der Waals surface area contributed by atoms with E-state index < -0.39 is 0 Å². The second-order valence-corrected chi connectivity index (χ2v) is 5.00. The molecule has 2 aromatic rings. The van der Waals surface area contributed by atoms with E-state index in [2.05, 4.69) is 11.4 Å². The number of anilines is 1. The molecule has 104 valence electrons. The smallest absolute Gasteiger partial charge is 0.120 e. The Morgan fingerprint density at radius 2 is 2.00 bits per heavy atom. The maximum absolute atomic E-state index is 8.91. The van der Waals surface area contributed by atoms with E-state index in [1.54, 1.807) is 0 Å². The molecule has 0 amide bonds. The molecule has 0 aliphatic carbocycles. The lowest BCUT2D eigenvalue weighted by molar-refractivity contribution is 0.242. The van der Waals surface area contributed by atoms with Crippen molar-refractivity contribution in [3.05, 3.63) is 47.8 Å². The SMILES string of the molecule is CC(C)Oc1ccc(NCc2cc(C#N)n(C)c2)cc1. The zero-order valence-corrected chi connectivity index (χ0v) is 12.1. The number of rotatable bonds is 5. The molecule has 0 aliphatic rings. The number of benzene rings is 1. The molecular weight excluding hydrogens is 250 g/mol. The number of aromatic nitrogens is 1. The number of nitrogens with one attached hydrogen (secondary N) is 1. The highest BCUT2D eigenvalue weighted by molar-refractivity contribution is 5.47. The average Bonchev–Trinajstić information content (AvgIpc) is 2.78. The molecule has 1 N–H and O–H groups in total. The molecule has 1 heterocycles. The third-order valence-electron chi connectivity index (χ3n) is 2.90. The van der Waals surface area contributed by atoms with Gasteiger partial charge in [-0.3, -0.25) is 0 Å². The quantitative estimate of drug-likeness (QED) is 0.906. The van der Waals surface area contributed by atoms with Gasteiger partial charge in [0.15, 0.2) is 0 Å². The van der Waals surface area contributed by atoms with Crippen molar-refractivity contribution in [3.63, 3.8) is 0 Å². The number of ether oxygens (including phenoxy) is 1. The van der Waals surface area contributed by atoms with Crippen LogP contribution in [0.25, 0.3) is 0 Å². The van der Waals surface area contributed by atoms with E-state index in [9.17, 15) is 0 Å². The van der Waals surface area contributed by atoms with E-state index in [0.29, 0.717) is 12.2 Å². The summed E-state index contributed by atoms with van der Waals surface area (Å²) in [4.78, 5) is 0. The Balaban J connectivity index is 1.95. The van der Waals surface area contributed by atoms with Crippen molar-refractivity contribution < 1.29 is 4.74 Å². The zero-order valence-electron chi connectivity index (χ0n) is 12.1. The summed E-state index contributed by atoms with van der Waals surface area (Å²) >= 11 is 0. The second kappa shape index (κ2) is 6.16. The molecule has 4 heteroatoms. The molecule has 4 nitrogen and oxygen atoms in total. The Kier molecular flexibility index (Phi) is 4.31. The minimum absolute atomic E-state index is 0.183. The standard InChI is InChI=1S/C16H19N3O/c1-12(2)20-16-6-4-14(5-7-16)18-10-13-8-15(9-17)19(3)11-13/h4-8,11-12,18H,10H2,1-3H3. The summed E-state index contributed by atoms with van der Waals surface area (Å²) in [5.74, 6) is 0.872. The number of hydrogen-bond donors (Lipinski definition) is 1. The summed E-state index contributed by atoms with van der Waals surface area (Å²) in [5.41, 5.74) is 2.79. The van der Waals surface area contributed by atoms with Crippen LogP contribution < -0.4 is 10.1 Å². The van der Waals surface area contributed by atoms with Gasteiger partial charge in [-0.15, -0.1) is 0 Å². The summed E-state index contributed by atoms with van der Waals surface area (Å²) in [6.07, 6.45) is 2.14. The largest absolute Gasteiger partial charge is 0.491 e. The van der Waals surface area contributed by atoms with Gasteiger partial charge in [-0.2, -0.15) is 5.26 Å². The molecule has 0 spiro atoms. The van der Waals surface area contributed by atoms with Crippen LogP contribution in [0.3, 0.4) is 0 Å². The highest BCUT2D eigenvalue weighted by atomic mass is 16.5. The van der Waals surface area contributed by atoms with Crippen molar-refractivity contribution in [1.82, 2.24) is 4.57 Å². The number of nitrogens with zero attached hydrogens (tertiary/aromatic N) is 2. The van der Waals surface area contributed by atoms with E-state index in [0.717, 1.165) is 17.0 Å². The highest BCUT2D eigenvalue weighted by Crippen LogP contribution is 2.18. The molecule has 0 atom stereocenters. The summed E-state index contributed by atoms with van der Waals surface area (Å²) in [7, 11) is 1.88. The first-order valence-corrected chi connectivity index (χ1v) is 6.64. The van der Waals surface area contributed by atoms with Crippen LogP contribution >= 0.6 is 0 Å². The van der Waals surface area contributed by atoms with Crippen LogP contribution in [0, 0.1) is 11.3 Å². The first kappa shape index (κ1) is 14.0. The fourth-order valence-corrected chi connectivity index (χ4v) is 1.97. The van der Waals surface area contributed by atoms with Crippen LogP contribution in [0.4, 0.5) is 5.69 Å². The molecule has 0 aliphatic heterocycles. The van der Waals surface area contributed by atoms with Crippen molar-refractivity contribution in [3.8, 4) is 11.8 Å². The molecule has 1 aromatic carbocycles. The monoisotopic (exact) mass is 269 g/mol. The molecule has 0 saturated heterocycles. The first-order valence-electron chi connectivity index (χ1n) is 6.64. The van der Waals surface area contributed by atoms with Crippen LogP contribution in [-0.2, 0) is 13.6 Å². The topological polar surface area (TPSA) is 50.0 Å². The van der Waals surface area contributed by atoms with E-state index in [1.807, 2.05) is 62.0 Å². The molecular formula is C16H19N3O. The molecule has 0 fully saturated rings. The van der Waals surface area contributed by atoms with E-state index in [4.69, 9.17) is 10.00 Å². The van der Waals surface area contributed by atoms with Crippen molar-refractivity contribution in [2.75, 3.05) is 5.32 Å². The van der Waals surface area contributed by atoms with Gasteiger partial charge in [0.25, 0.3) is 0 Å². The van der Waals surface area contributed by atoms with Crippen LogP contribution in [-0.4, -0.2) is 10.7 Å². The van der Waals surface area contributed by atoms with Gasteiger partial charge in [0.05, 0.1) is 6.10 Å². The number of nitriles is 1. The van der Waals surface area contributed by atoms with Gasteiger partial charge in [0.1, 0.15) is 17.5 Å². The second-order valence-electron chi connectivity index (χ2n) is 5.00. The van der Waals surface area contributed by atoms with Crippen molar-refractivity contribution in [2.24, 2.45) is 7.05 Å². The molecule has 2 rings (SSSR count). The summed E-state index contributed by atoms with van der Waals surface area (Å²) < 4.78 is 7.43. The highest BCUT2D eigenvalue weighted by Gasteiger charge is 2.02. The minimum atomic E-state index is 0.183. The predicted octanol–water partition coefficient (Wildman–Crippen LogP) is 3.30. The summed E-state index contributed by atoms with van der Waals surface area (Å²) in [5, 5.41) is 12.2. The fraction of sp³-hybridized carbons (Fsp3) is 0.312. The first-order chi connectivity index (χ1) is 9.58. The van der Waals surface area contributed by atoms with Gasteiger partial charge < -0.3 is 14.6 Å². The van der Waals surface area contributed by atoms with Gasteiger partial charge in [-0.1, -0.05) is 0 Å². The summed E-state index contributed by atoms with van der Waals surface area (Å²) in [6.45, 7) is 4.71. The summed E-state index contributed by atoms with van der Waals surface area (Å²) in [6, 6.07) is 11.9. The Bertz CT molecular complexity index is 606. The van der Waals surface area contributed by atoms with Gasteiger partial charge in [0, 0.05) is 25.5 Å². The van der Waals surface area contributed by atoms with Gasteiger partial charge in [-0.25, -0.2) is 0 Å². The Morgan fingerprint density at radius 1 is 1.30 bits per heavy atom. The van der Waals surface area contributed by atoms with E-state index in [-0.39, 0.29) is 6.10 Å². The Labute approximate surface area is 119 Å². The normalized spacial score (nSPS) is 10.3. The van der Waals surface area contributed by atoms with E-state index >= 15 is 0 Å². The lowest BCUT2D eigenvalue weighted by Gasteiger charge is -2.10. The molecule has 1 aromatic heterocycles. The van der Waals surface area contributed by atoms with Crippen molar-refractivity contribution in [1.29, 1.82) is 5.26 Å². The van der Waals surface area contributed by atoms with E-state index in [1.165, 1.54) is 0 Å². The Morgan fingerprint density at radius 3 is 2.55 bits per heavy atom. The number of aryl methyl sites for hydroxylation is 1. The van der Waals surface area contributed by atoms with Crippen LogP contribution in [0.15, 0.2) is 36.5 Å². The van der Waals surface area contributed by atoms with Gasteiger partial charge in [-0.05, 0) is 49.7 Å². The van der Waals surface area contributed by atoms with Crippen molar-refractivity contribution in [2.45, 2.75) is 26.5 Å².